The first-order chi connectivity index (χ1) is 10.1. The van der Waals surface area contributed by atoms with Gasteiger partial charge in [-0.3, -0.25) is 0 Å². The average molecular weight is 318 g/mol. The van der Waals surface area contributed by atoms with Gasteiger partial charge in [-0.1, -0.05) is 35.3 Å². The highest BCUT2D eigenvalue weighted by molar-refractivity contribution is 6.35. The van der Waals surface area contributed by atoms with Crippen molar-refractivity contribution in [1.29, 1.82) is 0 Å². The molecule has 0 fully saturated rings. The lowest BCUT2D eigenvalue weighted by atomic mass is 10.2. The minimum absolute atomic E-state index is 0.545. The second-order valence-electron chi connectivity index (χ2n) is 4.72. The highest BCUT2D eigenvalue weighted by atomic mass is 35.5. The Labute approximate surface area is 132 Å². The third-order valence-corrected chi connectivity index (χ3v) is 3.78. The quantitative estimate of drug-likeness (QED) is 0.749. The summed E-state index contributed by atoms with van der Waals surface area (Å²) in [5, 5.41) is 4.53. The van der Waals surface area contributed by atoms with Gasteiger partial charge < -0.3 is 5.32 Å². The van der Waals surface area contributed by atoms with Gasteiger partial charge in [0, 0.05) is 5.02 Å². The molecular formula is C16H13Cl2N3. The number of para-hydroxylation sites is 2. The van der Waals surface area contributed by atoms with Crippen LogP contribution in [0, 0.1) is 6.92 Å². The van der Waals surface area contributed by atoms with E-state index in [2.05, 4.69) is 15.3 Å². The molecule has 0 radical (unpaired) electrons. The van der Waals surface area contributed by atoms with Crippen LogP contribution in [0.5, 0.6) is 0 Å². The van der Waals surface area contributed by atoms with Gasteiger partial charge in [0.15, 0.2) is 0 Å². The molecule has 0 amide bonds. The lowest BCUT2D eigenvalue weighted by Gasteiger charge is -2.10. The smallest absolute Gasteiger partial charge is 0.0891 e. The second-order valence-corrected chi connectivity index (χ2v) is 5.57. The fourth-order valence-electron chi connectivity index (χ4n) is 2.10. The summed E-state index contributed by atoms with van der Waals surface area (Å²) in [5.74, 6) is 0. The Kier molecular flexibility index (Phi) is 3.95. The van der Waals surface area contributed by atoms with Gasteiger partial charge in [-0.25, -0.2) is 9.97 Å². The summed E-state index contributed by atoms with van der Waals surface area (Å²) in [6.07, 6.45) is 0. The van der Waals surface area contributed by atoms with Crippen molar-refractivity contribution in [2.75, 3.05) is 5.32 Å². The number of fused-ring (bicyclic) bond motifs is 1. The number of hydrogen-bond acceptors (Lipinski definition) is 3. The molecule has 0 saturated carbocycles. The molecule has 1 heterocycles. The molecule has 2 aromatic carbocycles. The summed E-state index contributed by atoms with van der Waals surface area (Å²) < 4.78 is 0. The molecule has 5 heteroatoms. The molecule has 0 aliphatic carbocycles. The summed E-state index contributed by atoms with van der Waals surface area (Å²) in [4.78, 5) is 9.21. The van der Waals surface area contributed by atoms with Crippen LogP contribution in [-0.4, -0.2) is 9.97 Å². The van der Waals surface area contributed by atoms with Crippen LogP contribution in [0.25, 0.3) is 11.0 Å². The van der Waals surface area contributed by atoms with E-state index in [-0.39, 0.29) is 0 Å². The molecule has 0 aliphatic heterocycles. The van der Waals surface area contributed by atoms with Crippen LogP contribution in [0.3, 0.4) is 0 Å². The van der Waals surface area contributed by atoms with Crippen molar-refractivity contribution < 1.29 is 0 Å². The molecule has 21 heavy (non-hydrogen) atoms. The van der Waals surface area contributed by atoms with Gasteiger partial charge in [-0.2, -0.15) is 0 Å². The number of halogens is 2. The Morgan fingerprint density at radius 3 is 2.48 bits per heavy atom. The molecule has 3 nitrogen and oxygen atoms in total. The van der Waals surface area contributed by atoms with Crippen molar-refractivity contribution in [3.05, 3.63) is 63.9 Å². The molecule has 0 saturated heterocycles. The SMILES string of the molecule is Cc1nc2ccccc2nc1CNc1cc(Cl)ccc1Cl. The van der Waals surface area contributed by atoms with Gasteiger partial charge in [-0.05, 0) is 37.3 Å². The average Bonchev–Trinajstić information content (AvgIpc) is 2.48. The molecule has 3 rings (SSSR count). The number of nitrogens with one attached hydrogen (secondary N) is 1. The van der Waals surface area contributed by atoms with E-state index in [1.165, 1.54) is 0 Å². The number of nitrogens with zero attached hydrogens (tertiary/aromatic N) is 2. The van der Waals surface area contributed by atoms with Crippen LogP contribution in [-0.2, 0) is 6.54 Å². The summed E-state index contributed by atoms with van der Waals surface area (Å²) in [6, 6.07) is 13.2. The number of benzene rings is 2. The largest absolute Gasteiger partial charge is 0.378 e. The van der Waals surface area contributed by atoms with Crippen molar-refractivity contribution in [1.82, 2.24) is 9.97 Å². The number of hydrogen-bond donors (Lipinski definition) is 1. The maximum Gasteiger partial charge on any atom is 0.0891 e. The minimum atomic E-state index is 0.545. The summed E-state index contributed by atoms with van der Waals surface area (Å²) in [5.41, 5.74) is 4.37. The van der Waals surface area contributed by atoms with Crippen molar-refractivity contribution in [3.63, 3.8) is 0 Å². The number of aryl methyl sites for hydroxylation is 1. The van der Waals surface area contributed by atoms with Crippen molar-refractivity contribution in [2.24, 2.45) is 0 Å². The van der Waals surface area contributed by atoms with Gasteiger partial charge in [0.05, 0.1) is 39.7 Å². The topological polar surface area (TPSA) is 37.8 Å². The van der Waals surface area contributed by atoms with E-state index in [1.54, 1.807) is 18.2 Å². The predicted octanol–water partition coefficient (Wildman–Crippen LogP) is 4.86. The highest BCUT2D eigenvalue weighted by Gasteiger charge is 2.06. The molecule has 0 aliphatic rings. The lowest BCUT2D eigenvalue weighted by Crippen LogP contribution is -2.06. The van der Waals surface area contributed by atoms with E-state index in [9.17, 15) is 0 Å². The van der Waals surface area contributed by atoms with Gasteiger partial charge in [-0.15, -0.1) is 0 Å². The van der Waals surface area contributed by atoms with Crippen molar-refractivity contribution in [2.45, 2.75) is 13.5 Å². The second kappa shape index (κ2) is 5.88. The summed E-state index contributed by atoms with van der Waals surface area (Å²) in [7, 11) is 0. The Balaban J connectivity index is 1.88. The van der Waals surface area contributed by atoms with Crippen molar-refractivity contribution in [3.8, 4) is 0 Å². The molecule has 106 valence electrons. The molecule has 0 bridgehead atoms. The zero-order valence-electron chi connectivity index (χ0n) is 11.4. The van der Waals surface area contributed by atoms with E-state index in [0.29, 0.717) is 16.6 Å². The van der Waals surface area contributed by atoms with E-state index in [0.717, 1.165) is 28.1 Å². The van der Waals surface area contributed by atoms with Gasteiger partial charge in [0.1, 0.15) is 0 Å². The maximum absolute atomic E-state index is 6.14. The lowest BCUT2D eigenvalue weighted by molar-refractivity contribution is 0.998. The van der Waals surface area contributed by atoms with Gasteiger partial charge in [0.2, 0.25) is 0 Å². The number of aromatic nitrogens is 2. The van der Waals surface area contributed by atoms with Crippen LogP contribution in [0.15, 0.2) is 42.5 Å². The normalized spacial score (nSPS) is 10.8. The van der Waals surface area contributed by atoms with E-state index < -0.39 is 0 Å². The Bertz CT molecular complexity index is 803. The van der Waals surface area contributed by atoms with Crippen LogP contribution >= 0.6 is 23.2 Å². The first-order valence-electron chi connectivity index (χ1n) is 6.54. The van der Waals surface area contributed by atoms with Gasteiger partial charge in [0.25, 0.3) is 0 Å². The summed E-state index contributed by atoms with van der Waals surface area (Å²) >= 11 is 12.1. The molecule has 0 unspecified atom stereocenters. The monoisotopic (exact) mass is 317 g/mol. The van der Waals surface area contributed by atoms with Crippen LogP contribution in [0.4, 0.5) is 5.69 Å². The molecule has 1 aromatic heterocycles. The summed E-state index contributed by atoms with van der Waals surface area (Å²) in [6.45, 7) is 2.50. The first kappa shape index (κ1) is 14.1. The Hall–Kier alpha value is -1.84. The highest BCUT2D eigenvalue weighted by Crippen LogP contribution is 2.26. The molecule has 3 aromatic rings. The Morgan fingerprint density at radius 1 is 1.00 bits per heavy atom. The van der Waals surface area contributed by atoms with E-state index in [1.807, 2.05) is 31.2 Å². The number of rotatable bonds is 3. The zero-order chi connectivity index (χ0) is 14.8. The van der Waals surface area contributed by atoms with Crippen LogP contribution in [0.1, 0.15) is 11.4 Å². The van der Waals surface area contributed by atoms with Crippen molar-refractivity contribution >= 4 is 39.9 Å². The van der Waals surface area contributed by atoms with Crippen LogP contribution in [0.2, 0.25) is 10.0 Å². The fourth-order valence-corrected chi connectivity index (χ4v) is 2.46. The molecule has 0 atom stereocenters. The third-order valence-electron chi connectivity index (χ3n) is 3.22. The van der Waals surface area contributed by atoms with Crippen LogP contribution < -0.4 is 5.32 Å². The molecule has 1 N–H and O–H groups in total. The molecular weight excluding hydrogens is 305 g/mol. The third kappa shape index (κ3) is 3.09. The van der Waals surface area contributed by atoms with E-state index in [4.69, 9.17) is 23.2 Å². The number of anilines is 1. The minimum Gasteiger partial charge on any atom is -0.378 e. The zero-order valence-corrected chi connectivity index (χ0v) is 12.9. The standard InChI is InChI=1S/C16H13Cl2N3/c1-10-16(21-14-5-3-2-4-13(14)20-10)9-19-15-8-11(17)6-7-12(15)18/h2-8,19H,9H2,1H3. The predicted molar refractivity (Wildman–Crippen MR) is 88.1 cm³/mol. The first-order valence-corrected chi connectivity index (χ1v) is 7.30. The van der Waals surface area contributed by atoms with Gasteiger partial charge >= 0.3 is 0 Å². The Morgan fingerprint density at radius 2 is 1.71 bits per heavy atom. The maximum atomic E-state index is 6.14. The van der Waals surface area contributed by atoms with E-state index >= 15 is 0 Å². The molecule has 0 spiro atoms. The fraction of sp³-hybridized carbons (Fsp3) is 0.125.